The van der Waals surface area contributed by atoms with Gasteiger partial charge in [-0.25, -0.2) is 5.84 Å². The van der Waals surface area contributed by atoms with E-state index in [9.17, 15) is 9.59 Å². The maximum atomic E-state index is 12.8. The van der Waals surface area contributed by atoms with Gasteiger partial charge in [-0.2, -0.15) is 0 Å². The minimum atomic E-state index is -0.310. The highest BCUT2D eigenvalue weighted by Crippen LogP contribution is 2.30. The average molecular weight is 489 g/mol. The summed E-state index contributed by atoms with van der Waals surface area (Å²) in [6.07, 6.45) is 0. The van der Waals surface area contributed by atoms with Crippen molar-refractivity contribution in [1.82, 2.24) is 5.43 Å². The van der Waals surface area contributed by atoms with Crippen LogP contribution in [-0.4, -0.2) is 18.4 Å². The molecule has 0 aliphatic heterocycles. The van der Waals surface area contributed by atoms with Gasteiger partial charge in [0, 0.05) is 15.6 Å². The summed E-state index contributed by atoms with van der Waals surface area (Å²) in [6, 6.07) is 22.0. The van der Waals surface area contributed by atoms with Crippen LogP contribution in [0.25, 0.3) is 0 Å². The van der Waals surface area contributed by atoms with Gasteiger partial charge in [-0.05, 0) is 30.3 Å². The first-order chi connectivity index (χ1) is 14.5. The van der Waals surface area contributed by atoms with Crippen LogP contribution in [0.3, 0.4) is 0 Å². The van der Waals surface area contributed by atoms with Crippen LogP contribution in [-0.2, 0) is 4.79 Å². The predicted molar refractivity (Wildman–Crippen MR) is 121 cm³/mol. The molecule has 3 aromatic rings. The molecular weight excluding hydrogens is 468 g/mol. The Kier molecular flexibility index (Phi) is 7.59. The quantitative estimate of drug-likeness (QED) is 0.234. The SMILES string of the molecule is NNC(=O)C[NH2+][C@@H](c1ccccc1)c1cc(Br)ccc1NC(=O)c1ccccc1Cl. The molecule has 0 aromatic heterocycles. The van der Waals surface area contributed by atoms with Crippen molar-refractivity contribution in [2.45, 2.75) is 6.04 Å². The number of amides is 2. The number of anilines is 1. The predicted octanol–water partition coefficient (Wildman–Crippen LogP) is 3.00. The molecule has 1 atom stereocenters. The number of hydrogen-bond acceptors (Lipinski definition) is 3. The van der Waals surface area contributed by atoms with Crippen molar-refractivity contribution in [3.05, 3.63) is 99.0 Å². The standard InChI is InChI=1S/C22H20BrClN4O2/c23-15-10-11-19(27-22(30)16-8-4-5-9-18(16)24)17(12-15)21(26-13-20(29)28-25)14-6-2-1-3-7-14/h1-12,21,26H,13,25H2,(H,27,30)(H,28,29)/p+1/t21-/m0/s1. The van der Waals surface area contributed by atoms with Crippen LogP contribution in [0.5, 0.6) is 0 Å². The fraction of sp³-hybridized carbons (Fsp3) is 0.0909. The average Bonchev–Trinajstić information content (AvgIpc) is 2.76. The van der Waals surface area contributed by atoms with Crippen LogP contribution in [0.15, 0.2) is 77.3 Å². The van der Waals surface area contributed by atoms with Gasteiger partial charge in [0.05, 0.1) is 16.3 Å². The first kappa shape index (κ1) is 22.0. The lowest BCUT2D eigenvalue weighted by atomic mass is 9.96. The van der Waals surface area contributed by atoms with E-state index in [4.69, 9.17) is 17.4 Å². The van der Waals surface area contributed by atoms with Crippen LogP contribution in [0.4, 0.5) is 5.69 Å². The van der Waals surface area contributed by atoms with Crippen molar-refractivity contribution in [2.24, 2.45) is 5.84 Å². The fourth-order valence-electron chi connectivity index (χ4n) is 3.13. The molecular formula is C22H21BrClN4O2+. The minimum Gasteiger partial charge on any atom is -0.328 e. The van der Waals surface area contributed by atoms with Crippen molar-refractivity contribution < 1.29 is 14.9 Å². The van der Waals surface area contributed by atoms with Gasteiger partial charge in [0.2, 0.25) is 0 Å². The zero-order valence-electron chi connectivity index (χ0n) is 15.9. The highest BCUT2D eigenvalue weighted by Gasteiger charge is 2.23. The Morgan fingerprint density at radius 2 is 1.73 bits per heavy atom. The number of nitrogens with one attached hydrogen (secondary N) is 2. The Morgan fingerprint density at radius 1 is 1.03 bits per heavy atom. The molecule has 0 bridgehead atoms. The molecule has 0 aliphatic carbocycles. The Hall–Kier alpha value is -2.71. The van der Waals surface area contributed by atoms with Gasteiger partial charge in [0.25, 0.3) is 11.8 Å². The number of carbonyl (C=O) groups excluding carboxylic acids is 2. The maximum Gasteiger partial charge on any atom is 0.288 e. The molecule has 6 nitrogen and oxygen atoms in total. The van der Waals surface area contributed by atoms with Gasteiger partial charge in [-0.15, -0.1) is 0 Å². The van der Waals surface area contributed by atoms with E-state index < -0.39 is 0 Å². The van der Waals surface area contributed by atoms with Crippen LogP contribution in [0, 0.1) is 0 Å². The third-order valence-corrected chi connectivity index (χ3v) is 5.40. The molecule has 6 N–H and O–H groups in total. The molecule has 2 amide bonds. The number of quaternary nitrogens is 1. The largest absolute Gasteiger partial charge is 0.328 e. The molecule has 0 saturated heterocycles. The summed E-state index contributed by atoms with van der Waals surface area (Å²) in [5.41, 5.74) is 4.97. The number of benzene rings is 3. The normalized spacial score (nSPS) is 11.6. The van der Waals surface area contributed by atoms with E-state index in [1.165, 1.54) is 0 Å². The summed E-state index contributed by atoms with van der Waals surface area (Å²) < 4.78 is 0.853. The van der Waals surface area contributed by atoms with Crippen LogP contribution in [0.2, 0.25) is 5.02 Å². The van der Waals surface area contributed by atoms with Crippen molar-refractivity contribution in [3.63, 3.8) is 0 Å². The maximum absolute atomic E-state index is 12.8. The van der Waals surface area contributed by atoms with Gasteiger partial charge >= 0.3 is 0 Å². The van der Waals surface area contributed by atoms with Crippen molar-refractivity contribution in [3.8, 4) is 0 Å². The van der Waals surface area contributed by atoms with Crippen molar-refractivity contribution in [1.29, 1.82) is 0 Å². The molecule has 0 unspecified atom stereocenters. The Morgan fingerprint density at radius 3 is 2.43 bits per heavy atom. The molecule has 8 heteroatoms. The second-order valence-electron chi connectivity index (χ2n) is 6.56. The molecule has 3 aromatic carbocycles. The van der Waals surface area contributed by atoms with E-state index in [2.05, 4.69) is 26.7 Å². The summed E-state index contributed by atoms with van der Waals surface area (Å²) in [6.45, 7) is 0.125. The molecule has 0 aliphatic rings. The van der Waals surface area contributed by atoms with E-state index in [1.54, 1.807) is 24.3 Å². The van der Waals surface area contributed by atoms with Crippen molar-refractivity contribution in [2.75, 3.05) is 11.9 Å². The molecule has 0 spiro atoms. The Bertz CT molecular complexity index is 1050. The zero-order valence-corrected chi connectivity index (χ0v) is 18.3. The van der Waals surface area contributed by atoms with Crippen LogP contribution in [0.1, 0.15) is 27.5 Å². The number of rotatable bonds is 7. The number of hydrazine groups is 1. The summed E-state index contributed by atoms with van der Waals surface area (Å²) in [5, 5.41) is 5.20. The summed E-state index contributed by atoms with van der Waals surface area (Å²) >= 11 is 9.69. The lowest BCUT2D eigenvalue weighted by molar-refractivity contribution is -0.676. The van der Waals surface area contributed by atoms with Gasteiger partial charge < -0.3 is 10.6 Å². The van der Waals surface area contributed by atoms with Crippen LogP contribution >= 0.6 is 27.5 Å². The van der Waals surface area contributed by atoms with E-state index in [1.807, 2.05) is 53.8 Å². The first-order valence-corrected chi connectivity index (χ1v) is 10.4. The lowest BCUT2D eigenvalue weighted by Crippen LogP contribution is -2.88. The molecule has 154 valence electrons. The summed E-state index contributed by atoms with van der Waals surface area (Å²) in [5.74, 6) is 4.63. The number of hydrogen-bond donors (Lipinski definition) is 4. The number of carbonyl (C=O) groups is 2. The van der Waals surface area contributed by atoms with E-state index >= 15 is 0 Å². The van der Waals surface area contributed by atoms with E-state index in [-0.39, 0.29) is 24.4 Å². The second kappa shape index (κ2) is 10.4. The number of nitrogens with two attached hydrogens (primary N) is 2. The zero-order chi connectivity index (χ0) is 21.5. The van der Waals surface area contributed by atoms with Crippen LogP contribution < -0.4 is 21.9 Å². The summed E-state index contributed by atoms with van der Waals surface area (Å²) in [7, 11) is 0. The summed E-state index contributed by atoms with van der Waals surface area (Å²) in [4.78, 5) is 24.6. The van der Waals surface area contributed by atoms with E-state index in [0.29, 0.717) is 16.3 Å². The monoisotopic (exact) mass is 487 g/mol. The first-order valence-electron chi connectivity index (χ1n) is 9.22. The highest BCUT2D eigenvalue weighted by molar-refractivity contribution is 9.10. The minimum absolute atomic E-state index is 0.125. The van der Waals surface area contributed by atoms with E-state index in [0.717, 1.165) is 15.6 Å². The highest BCUT2D eigenvalue weighted by atomic mass is 79.9. The smallest absolute Gasteiger partial charge is 0.288 e. The molecule has 0 heterocycles. The fourth-order valence-corrected chi connectivity index (χ4v) is 3.73. The Labute approximate surface area is 187 Å². The van der Waals surface area contributed by atoms with Crippen molar-refractivity contribution >= 4 is 45.0 Å². The topological polar surface area (TPSA) is 101 Å². The molecule has 0 radical (unpaired) electrons. The van der Waals surface area contributed by atoms with Gasteiger partial charge in [-0.3, -0.25) is 15.0 Å². The lowest BCUT2D eigenvalue weighted by Gasteiger charge is -2.20. The Balaban J connectivity index is 1.99. The van der Waals surface area contributed by atoms with Gasteiger partial charge in [0.15, 0.2) is 6.54 Å². The third kappa shape index (κ3) is 5.46. The van der Waals surface area contributed by atoms with Gasteiger partial charge in [-0.1, -0.05) is 70.0 Å². The molecule has 30 heavy (non-hydrogen) atoms. The molecule has 0 fully saturated rings. The molecule has 0 saturated carbocycles. The molecule has 3 rings (SSSR count). The second-order valence-corrected chi connectivity index (χ2v) is 7.88. The number of halogens is 2. The van der Waals surface area contributed by atoms with Gasteiger partial charge in [0.1, 0.15) is 6.04 Å². The third-order valence-electron chi connectivity index (χ3n) is 4.57.